The minimum absolute atomic E-state index is 0.161. The van der Waals surface area contributed by atoms with Crippen LogP contribution >= 0.6 is 0 Å². The highest BCUT2D eigenvalue weighted by Crippen LogP contribution is 2.18. The molecule has 0 fully saturated rings. The zero-order valence-corrected chi connectivity index (χ0v) is 13.2. The molecule has 114 valence electrons. The fourth-order valence-corrected chi connectivity index (χ4v) is 2.21. The Balaban J connectivity index is 2.19. The standard InChI is InChI=1S/C18H19NO3/c1-11-9-13(3)16(10-12(11)2)17(20)19-15-7-5-14(6-8-15)18(21)22-4/h5-10H,1-4H3,(H,19,20). The maximum absolute atomic E-state index is 12.4. The molecule has 2 aromatic carbocycles. The van der Waals surface area contributed by atoms with Crippen molar-refractivity contribution in [2.45, 2.75) is 20.8 Å². The topological polar surface area (TPSA) is 55.4 Å². The van der Waals surface area contributed by atoms with E-state index in [0.29, 0.717) is 16.8 Å². The number of anilines is 1. The van der Waals surface area contributed by atoms with Gasteiger partial charge in [-0.25, -0.2) is 4.79 Å². The van der Waals surface area contributed by atoms with Gasteiger partial charge in [0.05, 0.1) is 12.7 Å². The van der Waals surface area contributed by atoms with Crippen LogP contribution in [0, 0.1) is 20.8 Å². The lowest BCUT2D eigenvalue weighted by Crippen LogP contribution is -2.14. The summed E-state index contributed by atoms with van der Waals surface area (Å²) in [6.07, 6.45) is 0. The highest BCUT2D eigenvalue weighted by molar-refractivity contribution is 6.05. The summed E-state index contributed by atoms with van der Waals surface area (Å²) in [4.78, 5) is 23.7. The number of benzene rings is 2. The van der Waals surface area contributed by atoms with Gasteiger partial charge in [0.15, 0.2) is 0 Å². The van der Waals surface area contributed by atoms with Crippen LogP contribution in [0.1, 0.15) is 37.4 Å². The normalized spacial score (nSPS) is 10.2. The number of methoxy groups -OCH3 is 1. The van der Waals surface area contributed by atoms with Crippen molar-refractivity contribution >= 4 is 17.6 Å². The van der Waals surface area contributed by atoms with Crippen molar-refractivity contribution in [3.05, 3.63) is 64.2 Å². The van der Waals surface area contributed by atoms with Crippen LogP contribution in [-0.2, 0) is 4.74 Å². The van der Waals surface area contributed by atoms with Gasteiger partial charge in [0.25, 0.3) is 5.91 Å². The summed E-state index contributed by atoms with van der Waals surface area (Å²) in [5.74, 6) is -0.561. The SMILES string of the molecule is COC(=O)c1ccc(NC(=O)c2cc(C)c(C)cc2C)cc1. The van der Waals surface area contributed by atoms with Crippen molar-refractivity contribution in [3.8, 4) is 0 Å². The molecule has 22 heavy (non-hydrogen) atoms. The molecule has 0 unspecified atom stereocenters. The Labute approximate surface area is 130 Å². The van der Waals surface area contributed by atoms with Crippen molar-refractivity contribution in [1.82, 2.24) is 0 Å². The fourth-order valence-electron chi connectivity index (χ4n) is 2.21. The molecule has 4 heteroatoms. The number of amides is 1. The van der Waals surface area contributed by atoms with E-state index < -0.39 is 5.97 Å². The lowest BCUT2D eigenvalue weighted by atomic mass is 10.0. The first kappa shape index (κ1) is 15.8. The first-order valence-corrected chi connectivity index (χ1v) is 7.00. The van der Waals surface area contributed by atoms with Crippen molar-refractivity contribution in [3.63, 3.8) is 0 Å². The smallest absolute Gasteiger partial charge is 0.337 e. The van der Waals surface area contributed by atoms with E-state index >= 15 is 0 Å². The van der Waals surface area contributed by atoms with Crippen LogP contribution in [0.25, 0.3) is 0 Å². The van der Waals surface area contributed by atoms with E-state index in [2.05, 4.69) is 10.1 Å². The number of ether oxygens (including phenoxy) is 1. The molecule has 0 saturated carbocycles. The third kappa shape index (κ3) is 3.34. The molecule has 1 N–H and O–H groups in total. The van der Waals surface area contributed by atoms with Gasteiger partial charge in [0, 0.05) is 11.3 Å². The molecule has 1 amide bonds. The Morgan fingerprint density at radius 1 is 0.909 bits per heavy atom. The van der Waals surface area contributed by atoms with E-state index in [0.717, 1.165) is 16.7 Å². The van der Waals surface area contributed by atoms with Gasteiger partial charge in [-0.2, -0.15) is 0 Å². The average Bonchev–Trinajstić information content (AvgIpc) is 2.50. The number of rotatable bonds is 3. The van der Waals surface area contributed by atoms with Crippen LogP contribution in [0.2, 0.25) is 0 Å². The molecular formula is C18H19NO3. The summed E-state index contributed by atoms with van der Waals surface area (Å²) in [5, 5.41) is 2.84. The van der Waals surface area contributed by atoms with Crippen LogP contribution in [-0.4, -0.2) is 19.0 Å². The molecule has 4 nitrogen and oxygen atoms in total. The summed E-state index contributed by atoms with van der Waals surface area (Å²) in [6, 6.07) is 10.5. The maximum atomic E-state index is 12.4. The first-order valence-electron chi connectivity index (χ1n) is 7.00. The van der Waals surface area contributed by atoms with E-state index in [9.17, 15) is 9.59 Å². The second-order valence-corrected chi connectivity index (χ2v) is 5.27. The van der Waals surface area contributed by atoms with E-state index in [4.69, 9.17) is 0 Å². The summed E-state index contributed by atoms with van der Waals surface area (Å²) < 4.78 is 4.64. The fraction of sp³-hybridized carbons (Fsp3) is 0.222. The molecule has 2 aromatic rings. The van der Waals surface area contributed by atoms with Gasteiger partial charge in [-0.1, -0.05) is 6.07 Å². The minimum Gasteiger partial charge on any atom is -0.465 e. The number of carbonyl (C=O) groups excluding carboxylic acids is 2. The molecule has 0 aliphatic rings. The summed E-state index contributed by atoms with van der Waals surface area (Å²) in [6.45, 7) is 5.92. The molecule has 0 aliphatic heterocycles. The number of hydrogen-bond donors (Lipinski definition) is 1. The van der Waals surface area contributed by atoms with Crippen LogP contribution in [0.4, 0.5) is 5.69 Å². The second-order valence-electron chi connectivity index (χ2n) is 5.27. The van der Waals surface area contributed by atoms with Gasteiger partial charge in [0.2, 0.25) is 0 Å². The van der Waals surface area contributed by atoms with Crippen LogP contribution in [0.3, 0.4) is 0 Å². The summed E-state index contributed by atoms with van der Waals surface area (Å²) in [7, 11) is 1.33. The zero-order chi connectivity index (χ0) is 16.3. The molecule has 0 radical (unpaired) electrons. The van der Waals surface area contributed by atoms with Crippen LogP contribution < -0.4 is 5.32 Å². The van der Waals surface area contributed by atoms with Crippen molar-refractivity contribution in [1.29, 1.82) is 0 Å². The quantitative estimate of drug-likeness (QED) is 0.880. The van der Waals surface area contributed by atoms with E-state index in [1.165, 1.54) is 7.11 Å². The molecule has 0 heterocycles. The maximum Gasteiger partial charge on any atom is 0.337 e. The highest BCUT2D eigenvalue weighted by Gasteiger charge is 2.11. The van der Waals surface area contributed by atoms with Crippen molar-refractivity contribution in [2.75, 3.05) is 12.4 Å². The summed E-state index contributed by atoms with van der Waals surface area (Å²) >= 11 is 0. The number of nitrogens with one attached hydrogen (secondary N) is 1. The molecule has 0 bridgehead atoms. The number of esters is 1. The second kappa shape index (κ2) is 6.43. The van der Waals surface area contributed by atoms with Crippen LogP contribution in [0.5, 0.6) is 0 Å². The van der Waals surface area contributed by atoms with Gasteiger partial charge in [-0.05, 0) is 67.8 Å². The van der Waals surface area contributed by atoms with Gasteiger partial charge >= 0.3 is 5.97 Å². The van der Waals surface area contributed by atoms with Gasteiger partial charge < -0.3 is 10.1 Å². The van der Waals surface area contributed by atoms with Crippen LogP contribution in [0.15, 0.2) is 36.4 Å². The third-order valence-corrected chi connectivity index (χ3v) is 3.65. The molecule has 0 aliphatic carbocycles. The van der Waals surface area contributed by atoms with Gasteiger partial charge in [-0.15, -0.1) is 0 Å². The Morgan fingerprint density at radius 3 is 2.09 bits per heavy atom. The van der Waals surface area contributed by atoms with Crippen molar-refractivity contribution in [2.24, 2.45) is 0 Å². The Bertz CT molecular complexity index is 718. The zero-order valence-electron chi connectivity index (χ0n) is 13.2. The average molecular weight is 297 g/mol. The van der Waals surface area contributed by atoms with E-state index in [1.54, 1.807) is 24.3 Å². The molecule has 0 atom stereocenters. The summed E-state index contributed by atoms with van der Waals surface area (Å²) in [5.41, 5.74) is 4.92. The molecular weight excluding hydrogens is 278 g/mol. The molecule has 0 saturated heterocycles. The monoisotopic (exact) mass is 297 g/mol. The van der Waals surface area contributed by atoms with E-state index in [1.807, 2.05) is 32.9 Å². The van der Waals surface area contributed by atoms with Gasteiger partial charge in [0.1, 0.15) is 0 Å². The lowest BCUT2D eigenvalue weighted by Gasteiger charge is -2.11. The first-order chi connectivity index (χ1) is 10.4. The molecule has 0 aromatic heterocycles. The number of hydrogen-bond acceptors (Lipinski definition) is 3. The molecule has 2 rings (SSSR count). The predicted molar refractivity (Wildman–Crippen MR) is 86.4 cm³/mol. The minimum atomic E-state index is -0.400. The van der Waals surface area contributed by atoms with Gasteiger partial charge in [-0.3, -0.25) is 4.79 Å². The molecule has 0 spiro atoms. The predicted octanol–water partition coefficient (Wildman–Crippen LogP) is 3.65. The number of aryl methyl sites for hydroxylation is 3. The number of carbonyl (C=O) groups is 2. The highest BCUT2D eigenvalue weighted by atomic mass is 16.5. The third-order valence-electron chi connectivity index (χ3n) is 3.65. The lowest BCUT2D eigenvalue weighted by molar-refractivity contribution is 0.0600. The Morgan fingerprint density at radius 2 is 1.50 bits per heavy atom. The Kier molecular flexibility index (Phi) is 4.61. The van der Waals surface area contributed by atoms with Crippen molar-refractivity contribution < 1.29 is 14.3 Å². The van der Waals surface area contributed by atoms with E-state index in [-0.39, 0.29) is 5.91 Å². The largest absolute Gasteiger partial charge is 0.465 e. The Hall–Kier alpha value is -2.62.